The van der Waals surface area contributed by atoms with Crippen LogP contribution in [0.25, 0.3) is 0 Å². The maximum atomic E-state index is 11.3. The minimum Gasteiger partial charge on any atom is -0.493 e. The number of hydrogen-bond donors (Lipinski definition) is 0. The molecule has 16 heavy (non-hydrogen) atoms. The Labute approximate surface area is 109 Å². The van der Waals surface area contributed by atoms with E-state index < -0.39 is 0 Å². The molecule has 0 aliphatic heterocycles. The minimum atomic E-state index is -0.228. The van der Waals surface area contributed by atoms with Crippen molar-refractivity contribution in [2.24, 2.45) is 0 Å². The van der Waals surface area contributed by atoms with Gasteiger partial charge in [0.05, 0.1) is 11.4 Å². The van der Waals surface area contributed by atoms with Crippen LogP contribution in [0.1, 0.15) is 24.2 Å². The Balaban J connectivity index is 3.03. The third kappa shape index (κ3) is 3.25. The molecule has 2 nitrogen and oxygen atoms in total. The van der Waals surface area contributed by atoms with Crippen LogP contribution in [0, 0.1) is 0 Å². The fourth-order valence-corrected chi connectivity index (χ4v) is 2.22. The maximum Gasteiger partial charge on any atom is 0.147 e. The molecular weight excluding hydrogens is 288 g/mol. The molecule has 88 valence electrons. The van der Waals surface area contributed by atoms with Crippen molar-refractivity contribution in [2.45, 2.75) is 23.6 Å². The van der Waals surface area contributed by atoms with Crippen LogP contribution in [0.2, 0.25) is 0 Å². The molecule has 0 saturated heterocycles. The smallest absolute Gasteiger partial charge is 0.147 e. The molecule has 0 spiro atoms. The van der Waals surface area contributed by atoms with Crippen molar-refractivity contribution < 1.29 is 9.53 Å². The molecule has 0 heterocycles. The highest BCUT2D eigenvalue weighted by Crippen LogP contribution is 2.33. The van der Waals surface area contributed by atoms with E-state index in [-0.39, 0.29) is 10.6 Å². The molecule has 0 saturated carbocycles. The van der Waals surface area contributed by atoms with Crippen molar-refractivity contribution in [3.63, 3.8) is 0 Å². The van der Waals surface area contributed by atoms with Gasteiger partial charge >= 0.3 is 0 Å². The van der Waals surface area contributed by atoms with Crippen molar-refractivity contribution in [2.75, 3.05) is 12.9 Å². The standard InChI is InChI=1S/C12H15BrO2S/c1-4-15-10-6-5-9(7-11(10)16-3)12(13)8(2)14/h5-7,12H,4H2,1-3H3. The fraction of sp³-hybridized carbons (Fsp3) is 0.417. The van der Waals surface area contributed by atoms with E-state index in [1.165, 1.54) is 0 Å². The van der Waals surface area contributed by atoms with Crippen LogP contribution >= 0.6 is 27.7 Å². The van der Waals surface area contributed by atoms with Crippen molar-refractivity contribution in [3.05, 3.63) is 23.8 Å². The van der Waals surface area contributed by atoms with Crippen LogP contribution in [0.3, 0.4) is 0 Å². The van der Waals surface area contributed by atoms with Crippen molar-refractivity contribution in [1.29, 1.82) is 0 Å². The second kappa shape index (κ2) is 6.30. The summed E-state index contributed by atoms with van der Waals surface area (Å²) < 4.78 is 5.50. The summed E-state index contributed by atoms with van der Waals surface area (Å²) >= 11 is 5.00. The van der Waals surface area contributed by atoms with Gasteiger partial charge in [-0.15, -0.1) is 11.8 Å². The lowest BCUT2D eigenvalue weighted by Gasteiger charge is -2.12. The second-order valence-corrected chi connectivity index (χ2v) is 5.08. The van der Waals surface area contributed by atoms with Gasteiger partial charge in [0, 0.05) is 4.90 Å². The maximum absolute atomic E-state index is 11.3. The van der Waals surface area contributed by atoms with E-state index in [1.807, 2.05) is 31.4 Å². The van der Waals surface area contributed by atoms with Gasteiger partial charge in [-0.1, -0.05) is 22.0 Å². The van der Waals surface area contributed by atoms with Crippen LogP contribution in [0.5, 0.6) is 5.75 Å². The van der Waals surface area contributed by atoms with Crippen LogP contribution in [-0.4, -0.2) is 18.6 Å². The molecule has 1 aromatic carbocycles. The molecule has 1 rings (SSSR count). The van der Waals surface area contributed by atoms with E-state index in [2.05, 4.69) is 15.9 Å². The molecular formula is C12H15BrO2S. The zero-order chi connectivity index (χ0) is 12.1. The van der Waals surface area contributed by atoms with Crippen molar-refractivity contribution in [1.82, 2.24) is 0 Å². The summed E-state index contributed by atoms with van der Waals surface area (Å²) in [6.45, 7) is 4.19. The largest absolute Gasteiger partial charge is 0.493 e. The molecule has 1 unspecified atom stereocenters. The Morgan fingerprint density at radius 2 is 2.25 bits per heavy atom. The van der Waals surface area contributed by atoms with Gasteiger partial charge < -0.3 is 4.74 Å². The number of ether oxygens (including phenoxy) is 1. The lowest BCUT2D eigenvalue weighted by Crippen LogP contribution is -2.02. The van der Waals surface area contributed by atoms with E-state index in [0.29, 0.717) is 6.61 Å². The molecule has 0 radical (unpaired) electrons. The summed E-state index contributed by atoms with van der Waals surface area (Å²) in [5.41, 5.74) is 0.973. The van der Waals surface area contributed by atoms with E-state index in [0.717, 1.165) is 16.2 Å². The number of ketones is 1. The first kappa shape index (κ1) is 13.6. The molecule has 0 aliphatic carbocycles. The third-order valence-electron chi connectivity index (χ3n) is 2.14. The first-order valence-corrected chi connectivity index (χ1v) is 7.19. The lowest BCUT2D eigenvalue weighted by molar-refractivity contribution is -0.116. The van der Waals surface area contributed by atoms with E-state index in [4.69, 9.17) is 4.74 Å². The molecule has 1 atom stereocenters. The molecule has 0 fully saturated rings. The molecule has 0 aromatic heterocycles. The zero-order valence-electron chi connectivity index (χ0n) is 9.62. The van der Waals surface area contributed by atoms with Crippen LogP contribution in [0.15, 0.2) is 23.1 Å². The number of thioether (sulfide) groups is 1. The van der Waals surface area contributed by atoms with Gasteiger partial charge in [-0.05, 0) is 37.8 Å². The van der Waals surface area contributed by atoms with Gasteiger partial charge in [-0.25, -0.2) is 0 Å². The number of carbonyl (C=O) groups is 1. The molecule has 0 bridgehead atoms. The average Bonchev–Trinajstić information content (AvgIpc) is 2.29. The van der Waals surface area contributed by atoms with E-state index in [1.54, 1.807) is 18.7 Å². The van der Waals surface area contributed by atoms with Gasteiger partial charge in [-0.2, -0.15) is 0 Å². The summed E-state index contributed by atoms with van der Waals surface area (Å²) in [6, 6.07) is 5.84. The summed E-state index contributed by atoms with van der Waals surface area (Å²) in [6.07, 6.45) is 2.00. The Morgan fingerprint density at radius 1 is 1.56 bits per heavy atom. The highest BCUT2D eigenvalue weighted by molar-refractivity contribution is 9.09. The van der Waals surface area contributed by atoms with E-state index in [9.17, 15) is 4.79 Å². The van der Waals surface area contributed by atoms with Crippen LogP contribution in [0.4, 0.5) is 0 Å². The summed E-state index contributed by atoms with van der Waals surface area (Å²) in [4.78, 5) is 12.1. The quantitative estimate of drug-likeness (QED) is 0.611. The van der Waals surface area contributed by atoms with Crippen molar-refractivity contribution >= 4 is 33.5 Å². The van der Waals surface area contributed by atoms with Crippen molar-refractivity contribution in [3.8, 4) is 5.75 Å². The highest BCUT2D eigenvalue weighted by atomic mass is 79.9. The number of alkyl halides is 1. The highest BCUT2D eigenvalue weighted by Gasteiger charge is 2.14. The first-order valence-electron chi connectivity index (χ1n) is 5.05. The van der Waals surface area contributed by atoms with Gasteiger partial charge in [-0.3, -0.25) is 4.79 Å². The molecule has 0 amide bonds. The summed E-state index contributed by atoms with van der Waals surface area (Å²) in [5, 5.41) is 0. The van der Waals surface area contributed by atoms with Crippen LogP contribution < -0.4 is 4.74 Å². The number of halogens is 1. The Kier molecular flexibility index (Phi) is 5.35. The molecule has 1 aromatic rings. The normalized spacial score (nSPS) is 12.2. The topological polar surface area (TPSA) is 26.3 Å². The summed E-state index contributed by atoms with van der Waals surface area (Å²) in [5.74, 6) is 0.984. The van der Waals surface area contributed by atoms with E-state index >= 15 is 0 Å². The van der Waals surface area contributed by atoms with Gasteiger partial charge in [0.25, 0.3) is 0 Å². The monoisotopic (exact) mass is 302 g/mol. The average molecular weight is 303 g/mol. The van der Waals surface area contributed by atoms with Gasteiger partial charge in [0.2, 0.25) is 0 Å². The number of benzene rings is 1. The predicted molar refractivity (Wildman–Crippen MR) is 71.7 cm³/mol. The number of Topliss-reactive ketones (excluding diaryl/α,β-unsaturated/α-hetero) is 1. The third-order valence-corrected chi connectivity index (χ3v) is 4.07. The van der Waals surface area contributed by atoms with Gasteiger partial charge in [0.1, 0.15) is 11.5 Å². The number of hydrogen-bond acceptors (Lipinski definition) is 3. The second-order valence-electron chi connectivity index (χ2n) is 3.32. The SMILES string of the molecule is CCOc1ccc(C(Br)C(C)=O)cc1SC. The molecule has 0 aliphatic rings. The number of rotatable bonds is 5. The predicted octanol–water partition coefficient (Wildman–Crippen LogP) is 3.83. The number of carbonyl (C=O) groups excluding carboxylic acids is 1. The lowest BCUT2D eigenvalue weighted by atomic mass is 10.1. The fourth-order valence-electron chi connectivity index (χ4n) is 1.35. The molecule has 0 N–H and O–H groups in total. The van der Waals surface area contributed by atoms with Crippen LogP contribution in [-0.2, 0) is 4.79 Å². The minimum absolute atomic E-state index is 0.108. The molecule has 4 heteroatoms. The Bertz CT molecular complexity index is 379. The summed E-state index contributed by atoms with van der Waals surface area (Å²) in [7, 11) is 0. The first-order chi connectivity index (χ1) is 7.60. The van der Waals surface area contributed by atoms with Gasteiger partial charge in [0.15, 0.2) is 0 Å². The Morgan fingerprint density at radius 3 is 2.75 bits per heavy atom. The zero-order valence-corrected chi connectivity index (χ0v) is 12.0. The Hall–Kier alpha value is -0.480.